The van der Waals surface area contributed by atoms with Crippen molar-refractivity contribution in [1.82, 2.24) is 0 Å². The Bertz CT molecular complexity index is 571. The van der Waals surface area contributed by atoms with Crippen molar-refractivity contribution in [1.29, 1.82) is 0 Å². The van der Waals surface area contributed by atoms with Crippen LogP contribution in [0.15, 0.2) is 18.2 Å². The lowest BCUT2D eigenvalue weighted by molar-refractivity contribution is -0.143. The third kappa shape index (κ3) is 3.50. The highest BCUT2D eigenvalue weighted by Crippen LogP contribution is 2.38. The molecule has 6 heteroatoms. The average Bonchev–Trinajstić information content (AvgIpc) is 2.43. The Labute approximate surface area is 130 Å². The van der Waals surface area contributed by atoms with E-state index in [0.29, 0.717) is 29.6 Å². The molecule has 1 atom stereocenters. The van der Waals surface area contributed by atoms with Gasteiger partial charge in [-0.15, -0.1) is 0 Å². The lowest BCUT2D eigenvalue weighted by Gasteiger charge is -2.33. The van der Waals surface area contributed by atoms with Crippen molar-refractivity contribution >= 4 is 23.3 Å². The second-order valence-corrected chi connectivity index (χ2v) is 5.78. The molecule has 1 aromatic rings. The first-order chi connectivity index (χ1) is 10.4. The molecule has 0 fully saturated rings. The quantitative estimate of drug-likeness (QED) is 0.664. The van der Waals surface area contributed by atoms with Gasteiger partial charge in [0.2, 0.25) is 0 Å². The van der Waals surface area contributed by atoms with Gasteiger partial charge < -0.3 is 15.2 Å². The minimum absolute atomic E-state index is 0.161. The molecule has 1 unspecified atom stereocenters. The van der Waals surface area contributed by atoms with Crippen molar-refractivity contribution in [2.75, 3.05) is 23.8 Å². The fraction of sp³-hybridized carbons (Fsp3) is 0.500. The van der Waals surface area contributed by atoms with Crippen LogP contribution < -0.4 is 15.4 Å². The normalized spacial score (nSPS) is 17.2. The summed E-state index contributed by atoms with van der Waals surface area (Å²) >= 11 is 0. The van der Waals surface area contributed by atoms with Gasteiger partial charge in [0.05, 0.1) is 12.3 Å². The summed E-state index contributed by atoms with van der Waals surface area (Å²) in [6.07, 6.45) is 0.135. The zero-order valence-corrected chi connectivity index (χ0v) is 13.2. The maximum Gasteiger partial charge on any atom is 0.326 e. The van der Waals surface area contributed by atoms with E-state index in [1.165, 1.54) is 4.90 Å². The van der Waals surface area contributed by atoms with Crippen molar-refractivity contribution in [3.8, 4) is 5.75 Å². The molecule has 0 saturated carbocycles. The number of amides is 1. The average molecular weight is 306 g/mol. The molecule has 1 aliphatic heterocycles. The number of rotatable bonds is 5. The minimum atomic E-state index is -0.655. The van der Waals surface area contributed by atoms with Crippen LogP contribution in [0.25, 0.3) is 0 Å². The summed E-state index contributed by atoms with van der Waals surface area (Å²) in [5.74, 6) is 0.208. The van der Waals surface area contributed by atoms with Crippen molar-refractivity contribution in [3.63, 3.8) is 0 Å². The van der Waals surface area contributed by atoms with Crippen LogP contribution in [0.3, 0.4) is 0 Å². The number of para-hydroxylation sites is 1. The molecule has 0 saturated heterocycles. The largest absolute Gasteiger partial charge is 0.479 e. The zero-order valence-electron chi connectivity index (χ0n) is 13.2. The predicted molar refractivity (Wildman–Crippen MR) is 83.7 cm³/mol. The topological polar surface area (TPSA) is 81.9 Å². The van der Waals surface area contributed by atoms with Gasteiger partial charge in [-0.1, -0.05) is 19.9 Å². The number of esters is 1. The van der Waals surface area contributed by atoms with Gasteiger partial charge in [0, 0.05) is 0 Å². The zero-order chi connectivity index (χ0) is 16.3. The Morgan fingerprint density at radius 2 is 2.18 bits per heavy atom. The van der Waals surface area contributed by atoms with Crippen LogP contribution in [0.5, 0.6) is 5.75 Å². The number of nitrogen functional groups attached to an aromatic ring is 1. The van der Waals surface area contributed by atoms with E-state index in [-0.39, 0.29) is 12.5 Å². The highest BCUT2D eigenvalue weighted by Gasteiger charge is 2.34. The van der Waals surface area contributed by atoms with Crippen LogP contribution in [0.4, 0.5) is 11.4 Å². The number of anilines is 2. The number of carbonyl (C=O) groups excluding carboxylic acids is 2. The minimum Gasteiger partial charge on any atom is -0.479 e. The first-order valence-electron chi connectivity index (χ1n) is 7.42. The van der Waals surface area contributed by atoms with Gasteiger partial charge in [-0.05, 0) is 31.4 Å². The molecule has 1 aromatic carbocycles. The molecule has 1 aliphatic rings. The molecule has 2 rings (SSSR count). The standard InChI is InChI=1S/C16H22N2O4/c1-10(2)7-8-21-14(19)9-18-15-12(17)5-4-6-13(15)22-11(3)16(18)20/h4-6,10-11H,7-9,17H2,1-3H3. The van der Waals surface area contributed by atoms with Gasteiger partial charge >= 0.3 is 5.97 Å². The van der Waals surface area contributed by atoms with Gasteiger partial charge in [0.15, 0.2) is 6.10 Å². The van der Waals surface area contributed by atoms with E-state index in [1.807, 2.05) is 0 Å². The molecule has 1 amide bonds. The van der Waals surface area contributed by atoms with Crippen molar-refractivity contribution in [3.05, 3.63) is 18.2 Å². The smallest absolute Gasteiger partial charge is 0.326 e. The number of hydrogen-bond donors (Lipinski definition) is 1. The van der Waals surface area contributed by atoms with Gasteiger partial charge in [-0.25, -0.2) is 0 Å². The van der Waals surface area contributed by atoms with Crippen molar-refractivity contribution < 1.29 is 19.1 Å². The van der Waals surface area contributed by atoms with Crippen LogP contribution in [0.2, 0.25) is 0 Å². The first kappa shape index (κ1) is 16.1. The maximum absolute atomic E-state index is 12.3. The van der Waals surface area contributed by atoms with Crippen molar-refractivity contribution in [2.24, 2.45) is 5.92 Å². The fourth-order valence-electron chi connectivity index (χ4n) is 2.23. The molecule has 0 aliphatic carbocycles. The number of hydrogen-bond acceptors (Lipinski definition) is 5. The Hall–Kier alpha value is -2.24. The second-order valence-electron chi connectivity index (χ2n) is 5.78. The molecule has 0 aromatic heterocycles. The summed E-state index contributed by atoms with van der Waals surface area (Å²) in [6, 6.07) is 5.14. The maximum atomic E-state index is 12.3. The Morgan fingerprint density at radius 1 is 1.45 bits per heavy atom. The second kappa shape index (κ2) is 6.68. The van der Waals surface area contributed by atoms with Gasteiger partial charge in [0.25, 0.3) is 5.91 Å². The Morgan fingerprint density at radius 3 is 2.86 bits per heavy atom. The van der Waals surface area contributed by atoms with Gasteiger partial charge in [0.1, 0.15) is 18.0 Å². The lowest BCUT2D eigenvalue weighted by Crippen LogP contribution is -2.47. The number of nitrogens with zero attached hydrogens (tertiary/aromatic N) is 1. The summed E-state index contributed by atoms with van der Waals surface area (Å²) in [4.78, 5) is 25.6. The monoisotopic (exact) mass is 306 g/mol. The van der Waals surface area contributed by atoms with E-state index >= 15 is 0 Å². The molecule has 22 heavy (non-hydrogen) atoms. The summed E-state index contributed by atoms with van der Waals surface area (Å²) < 4.78 is 10.7. The molecule has 0 spiro atoms. The number of ether oxygens (including phenoxy) is 2. The number of benzene rings is 1. The fourth-order valence-corrected chi connectivity index (χ4v) is 2.23. The van der Waals surface area contributed by atoms with Crippen LogP contribution >= 0.6 is 0 Å². The third-order valence-corrected chi connectivity index (χ3v) is 3.46. The number of nitrogens with two attached hydrogens (primary N) is 1. The van der Waals surface area contributed by atoms with E-state index in [0.717, 1.165) is 6.42 Å². The van der Waals surface area contributed by atoms with E-state index in [4.69, 9.17) is 15.2 Å². The van der Waals surface area contributed by atoms with E-state index in [1.54, 1.807) is 25.1 Å². The van der Waals surface area contributed by atoms with E-state index in [2.05, 4.69) is 13.8 Å². The van der Waals surface area contributed by atoms with Crippen LogP contribution in [0.1, 0.15) is 27.2 Å². The number of carbonyl (C=O) groups is 2. The molecular weight excluding hydrogens is 284 g/mol. The number of fused-ring (bicyclic) bond motifs is 1. The SMILES string of the molecule is CC(C)CCOC(=O)CN1C(=O)C(C)Oc2cccc(N)c21. The molecule has 0 bridgehead atoms. The van der Waals surface area contributed by atoms with E-state index in [9.17, 15) is 9.59 Å². The molecular formula is C16H22N2O4. The van der Waals surface area contributed by atoms with Crippen LogP contribution in [-0.4, -0.2) is 31.1 Å². The highest BCUT2D eigenvalue weighted by atomic mass is 16.5. The van der Waals surface area contributed by atoms with Crippen molar-refractivity contribution in [2.45, 2.75) is 33.3 Å². The predicted octanol–water partition coefficient (Wildman–Crippen LogP) is 1.97. The molecule has 2 N–H and O–H groups in total. The Kier molecular flexibility index (Phi) is 4.90. The van der Waals surface area contributed by atoms with Gasteiger partial charge in [-0.2, -0.15) is 0 Å². The highest BCUT2D eigenvalue weighted by molar-refractivity contribution is 6.05. The lowest BCUT2D eigenvalue weighted by atomic mass is 10.1. The Balaban J connectivity index is 2.12. The summed E-state index contributed by atoms with van der Waals surface area (Å²) in [5.41, 5.74) is 6.76. The summed E-state index contributed by atoms with van der Waals surface area (Å²) in [7, 11) is 0. The first-order valence-corrected chi connectivity index (χ1v) is 7.42. The third-order valence-electron chi connectivity index (χ3n) is 3.46. The summed E-state index contributed by atoms with van der Waals surface area (Å²) in [5, 5.41) is 0. The molecule has 6 nitrogen and oxygen atoms in total. The van der Waals surface area contributed by atoms with Crippen LogP contribution in [-0.2, 0) is 14.3 Å². The molecule has 0 radical (unpaired) electrons. The summed E-state index contributed by atoms with van der Waals surface area (Å²) in [6.45, 7) is 5.94. The van der Waals surface area contributed by atoms with Crippen LogP contribution in [0, 0.1) is 5.92 Å². The van der Waals surface area contributed by atoms with E-state index < -0.39 is 12.1 Å². The molecule has 120 valence electrons. The van der Waals surface area contributed by atoms with Gasteiger partial charge in [-0.3, -0.25) is 14.5 Å². The molecule has 1 heterocycles.